The van der Waals surface area contributed by atoms with Crippen molar-refractivity contribution in [1.82, 2.24) is 0 Å². The van der Waals surface area contributed by atoms with Crippen molar-refractivity contribution in [1.29, 1.82) is 0 Å². The molecule has 0 aliphatic heterocycles. The Morgan fingerprint density at radius 3 is 2.43 bits per heavy atom. The van der Waals surface area contributed by atoms with Gasteiger partial charge in [-0.1, -0.05) is 19.9 Å². The summed E-state index contributed by atoms with van der Waals surface area (Å²) in [6.45, 7) is 5.43. The van der Waals surface area contributed by atoms with Crippen molar-refractivity contribution >= 4 is 0 Å². The van der Waals surface area contributed by atoms with E-state index in [1.54, 1.807) is 14.2 Å². The van der Waals surface area contributed by atoms with E-state index >= 15 is 0 Å². The van der Waals surface area contributed by atoms with Crippen LogP contribution in [0.1, 0.15) is 44.6 Å². The van der Waals surface area contributed by atoms with Crippen LogP contribution in [-0.4, -0.2) is 20.8 Å². The number of hydrogen-bond acceptors (Lipinski definition) is 3. The second kappa shape index (κ2) is 7.17. The standard InChI is InChI=1S/C18H29NO2/c1-12(2)13-5-6-15(11-19)16(9-13)14-7-8-17(20-3)18(10-14)21-4/h7-8,10,12-13,15-16H,5-6,9,11,19H2,1-4H3. The maximum Gasteiger partial charge on any atom is 0.160 e. The maximum atomic E-state index is 6.02. The summed E-state index contributed by atoms with van der Waals surface area (Å²) in [5.74, 6) is 4.27. The largest absolute Gasteiger partial charge is 0.493 e. The third kappa shape index (κ3) is 3.52. The Labute approximate surface area is 128 Å². The van der Waals surface area contributed by atoms with Gasteiger partial charge in [-0.25, -0.2) is 0 Å². The molecule has 1 saturated carbocycles. The fourth-order valence-corrected chi connectivity index (χ4v) is 3.65. The lowest BCUT2D eigenvalue weighted by Gasteiger charge is -2.38. The molecule has 0 bridgehead atoms. The predicted molar refractivity (Wildman–Crippen MR) is 87.0 cm³/mol. The van der Waals surface area contributed by atoms with Crippen LogP contribution >= 0.6 is 0 Å². The third-order valence-corrected chi connectivity index (χ3v) is 5.12. The molecule has 0 saturated heterocycles. The summed E-state index contributed by atoms with van der Waals surface area (Å²) in [7, 11) is 3.37. The Morgan fingerprint density at radius 2 is 1.86 bits per heavy atom. The highest BCUT2D eigenvalue weighted by molar-refractivity contribution is 5.44. The summed E-state index contributed by atoms with van der Waals surface area (Å²) < 4.78 is 10.8. The Hall–Kier alpha value is -1.22. The zero-order valence-corrected chi connectivity index (χ0v) is 13.8. The highest BCUT2D eigenvalue weighted by atomic mass is 16.5. The van der Waals surface area contributed by atoms with Crippen molar-refractivity contribution in [2.75, 3.05) is 20.8 Å². The summed E-state index contributed by atoms with van der Waals surface area (Å²) in [6, 6.07) is 6.33. The smallest absolute Gasteiger partial charge is 0.160 e. The Kier molecular flexibility index (Phi) is 5.51. The van der Waals surface area contributed by atoms with Gasteiger partial charge in [0.1, 0.15) is 0 Å². The van der Waals surface area contributed by atoms with Crippen molar-refractivity contribution in [3.63, 3.8) is 0 Å². The van der Waals surface area contributed by atoms with Gasteiger partial charge in [0.05, 0.1) is 14.2 Å². The molecule has 0 heterocycles. The molecule has 1 aliphatic carbocycles. The zero-order valence-electron chi connectivity index (χ0n) is 13.8. The number of rotatable bonds is 5. The molecule has 3 unspecified atom stereocenters. The average molecular weight is 291 g/mol. The van der Waals surface area contributed by atoms with Crippen LogP contribution in [-0.2, 0) is 0 Å². The van der Waals surface area contributed by atoms with Crippen LogP contribution in [0.25, 0.3) is 0 Å². The predicted octanol–water partition coefficient (Wildman–Crippen LogP) is 3.82. The van der Waals surface area contributed by atoms with Crippen LogP contribution in [0.5, 0.6) is 11.5 Å². The molecule has 1 aromatic carbocycles. The van der Waals surface area contributed by atoms with E-state index < -0.39 is 0 Å². The summed E-state index contributed by atoms with van der Waals surface area (Å²) in [6.07, 6.45) is 3.77. The maximum absolute atomic E-state index is 6.02. The molecule has 1 aliphatic rings. The summed E-state index contributed by atoms with van der Waals surface area (Å²) in [4.78, 5) is 0. The zero-order chi connectivity index (χ0) is 15.4. The molecule has 0 amide bonds. The summed E-state index contributed by atoms with van der Waals surface area (Å²) in [5.41, 5.74) is 7.36. The van der Waals surface area contributed by atoms with Gasteiger partial charge in [0.15, 0.2) is 11.5 Å². The van der Waals surface area contributed by atoms with E-state index in [0.717, 1.165) is 29.9 Å². The molecular formula is C18H29NO2. The highest BCUT2D eigenvalue weighted by Gasteiger charge is 2.32. The van der Waals surface area contributed by atoms with Gasteiger partial charge in [-0.2, -0.15) is 0 Å². The molecule has 118 valence electrons. The normalized spacial score (nSPS) is 25.9. The minimum absolute atomic E-state index is 0.538. The fourth-order valence-electron chi connectivity index (χ4n) is 3.65. The van der Waals surface area contributed by atoms with Crippen molar-refractivity contribution in [3.05, 3.63) is 23.8 Å². The van der Waals surface area contributed by atoms with Crippen LogP contribution in [0.2, 0.25) is 0 Å². The minimum atomic E-state index is 0.538. The van der Waals surface area contributed by atoms with Crippen LogP contribution < -0.4 is 15.2 Å². The Bertz CT molecular complexity index is 459. The lowest BCUT2D eigenvalue weighted by atomic mass is 9.68. The second-order valence-electron chi connectivity index (χ2n) is 6.53. The molecule has 2 N–H and O–H groups in total. The van der Waals surface area contributed by atoms with Crippen LogP contribution in [0, 0.1) is 17.8 Å². The monoisotopic (exact) mass is 291 g/mol. The number of ether oxygens (including phenoxy) is 2. The molecule has 1 fully saturated rings. The lowest BCUT2D eigenvalue weighted by Crippen LogP contribution is -2.30. The molecule has 2 rings (SSSR count). The third-order valence-electron chi connectivity index (χ3n) is 5.12. The molecule has 3 nitrogen and oxygen atoms in total. The second-order valence-corrected chi connectivity index (χ2v) is 6.53. The first kappa shape index (κ1) is 16.2. The van der Waals surface area contributed by atoms with Gasteiger partial charge in [0.25, 0.3) is 0 Å². The first-order valence-electron chi connectivity index (χ1n) is 8.02. The molecule has 3 atom stereocenters. The van der Waals surface area contributed by atoms with Crippen molar-refractivity contribution in [2.45, 2.75) is 39.0 Å². The number of methoxy groups -OCH3 is 2. The number of nitrogens with two attached hydrogens (primary N) is 1. The van der Waals surface area contributed by atoms with Crippen LogP contribution in [0.15, 0.2) is 18.2 Å². The Morgan fingerprint density at radius 1 is 1.14 bits per heavy atom. The van der Waals surface area contributed by atoms with Crippen molar-refractivity contribution in [3.8, 4) is 11.5 Å². The Balaban J connectivity index is 2.27. The quantitative estimate of drug-likeness (QED) is 0.897. The molecule has 1 aromatic rings. The highest BCUT2D eigenvalue weighted by Crippen LogP contribution is 2.44. The SMILES string of the molecule is COc1ccc(C2CC(C(C)C)CCC2CN)cc1OC. The van der Waals surface area contributed by atoms with E-state index in [0.29, 0.717) is 11.8 Å². The van der Waals surface area contributed by atoms with Gasteiger partial charge in [0, 0.05) is 0 Å². The van der Waals surface area contributed by atoms with Gasteiger partial charge in [-0.15, -0.1) is 0 Å². The molecular weight excluding hydrogens is 262 g/mol. The molecule has 0 spiro atoms. The van der Waals surface area contributed by atoms with Gasteiger partial charge in [-0.3, -0.25) is 0 Å². The number of benzene rings is 1. The van der Waals surface area contributed by atoms with Crippen LogP contribution in [0.4, 0.5) is 0 Å². The van der Waals surface area contributed by atoms with Gasteiger partial charge >= 0.3 is 0 Å². The van der Waals surface area contributed by atoms with Crippen molar-refractivity contribution in [2.24, 2.45) is 23.5 Å². The van der Waals surface area contributed by atoms with Crippen LogP contribution in [0.3, 0.4) is 0 Å². The van der Waals surface area contributed by atoms with E-state index in [2.05, 4.69) is 26.0 Å². The molecule has 0 radical (unpaired) electrons. The minimum Gasteiger partial charge on any atom is -0.493 e. The van der Waals surface area contributed by atoms with E-state index in [1.165, 1.54) is 24.8 Å². The van der Waals surface area contributed by atoms with Gasteiger partial charge in [-0.05, 0) is 67.2 Å². The average Bonchev–Trinajstić information content (AvgIpc) is 2.53. The fraction of sp³-hybridized carbons (Fsp3) is 0.667. The lowest BCUT2D eigenvalue weighted by molar-refractivity contribution is 0.197. The molecule has 3 heteroatoms. The molecule has 21 heavy (non-hydrogen) atoms. The topological polar surface area (TPSA) is 44.5 Å². The van der Waals surface area contributed by atoms with E-state index in [-0.39, 0.29) is 0 Å². The van der Waals surface area contributed by atoms with E-state index in [1.807, 2.05) is 6.07 Å². The van der Waals surface area contributed by atoms with E-state index in [4.69, 9.17) is 15.2 Å². The van der Waals surface area contributed by atoms with Gasteiger partial charge < -0.3 is 15.2 Å². The van der Waals surface area contributed by atoms with Crippen molar-refractivity contribution < 1.29 is 9.47 Å². The van der Waals surface area contributed by atoms with E-state index in [9.17, 15) is 0 Å². The number of hydrogen-bond donors (Lipinski definition) is 1. The first-order valence-corrected chi connectivity index (χ1v) is 8.02. The first-order chi connectivity index (χ1) is 10.1. The summed E-state index contributed by atoms with van der Waals surface area (Å²) in [5, 5.41) is 0. The van der Waals surface area contributed by atoms with Gasteiger partial charge in [0.2, 0.25) is 0 Å². The summed E-state index contributed by atoms with van der Waals surface area (Å²) >= 11 is 0. The molecule has 0 aromatic heterocycles.